The van der Waals surface area contributed by atoms with Crippen molar-refractivity contribution in [3.8, 4) is 0 Å². The van der Waals surface area contributed by atoms with E-state index in [1.807, 2.05) is 24.7 Å². The molecule has 0 N–H and O–H groups in total. The Balaban J connectivity index is 1.88. The summed E-state index contributed by atoms with van der Waals surface area (Å²) in [6.07, 6.45) is 5.45. The predicted octanol–water partition coefficient (Wildman–Crippen LogP) is 2.49. The highest BCUT2D eigenvalue weighted by atomic mass is 32.2. The number of nitrogens with zero attached hydrogens (tertiary/aromatic N) is 5. The number of thioether (sulfide) groups is 1. The van der Waals surface area contributed by atoms with Crippen LogP contribution in [0.5, 0.6) is 0 Å². The Morgan fingerprint density at radius 2 is 2.00 bits per heavy atom. The third-order valence-electron chi connectivity index (χ3n) is 3.68. The Morgan fingerprint density at radius 1 is 1.29 bits per heavy atom. The van der Waals surface area contributed by atoms with Gasteiger partial charge in [-0.2, -0.15) is 0 Å². The Morgan fingerprint density at radius 3 is 2.62 bits per heavy atom. The van der Waals surface area contributed by atoms with E-state index in [0.29, 0.717) is 18.7 Å². The average Bonchev–Trinajstić information content (AvgIpc) is 2.99. The maximum Gasteiger partial charge on any atom is 0.306 e. The van der Waals surface area contributed by atoms with Crippen LogP contribution in [0.15, 0.2) is 11.5 Å². The summed E-state index contributed by atoms with van der Waals surface area (Å²) >= 11 is 1.51. The van der Waals surface area contributed by atoms with Gasteiger partial charge >= 0.3 is 5.97 Å². The lowest BCUT2D eigenvalue weighted by Crippen LogP contribution is -2.11. The van der Waals surface area contributed by atoms with Gasteiger partial charge in [-0.05, 0) is 38.5 Å². The van der Waals surface area contributed by atoms with E-state index in [2.05, 4.69) is 27.1 Å². The molecule has 0 amide bonds. The summed E-state index contributed by atoms with van der Waals surface area (Å²) in [4.78, 5) is 20.9. The summed E-state index contributed by atoms with van der Waals surface area (Å²) < 4.78 is 7.21. The normalized spacial score (nSPS) is 10.8. The first-order chi connectivity index (χ1) is 11.5. The monoisotopic (exact) mass is 349 g/mol. The van der Waals surface area contributed by atoms with Gasteiger partial charge in [-0.1, -0.05) is 18.7 Å². The number of rotatable bonds is 8. The molecule has 2 aromatic heterocycles. The van der Waals surface area contributed by atoms with Crippen molar-refractivity contribution in [3.63, 3.8) is 0 Å². The number of carbonyl (C=O) groups is 1. The van der Waals surface area contributed by atoms with E-state index >= 15 is 0 Å². The van der Waals surface area contributed by atoms with Gasteiger partial charge in [0.25, 0.3) is 0 Å². The van der Waals surface area contributed by atoms with Crippen LogP contribution in [0.4, 0.5) is 0 Å². The fourth-order valence-corrected chi connectivity index (χ4v) is 2.88. The van der Waals surface area contributed by atoms with Gasteiger partial charge in [-0.25, -0.2) is 9.97 Å². The van der Waals surface area contributed by atoms with Gasteiger partial charge in [0, 0.05) is 24.4 Å². The van der Waals surface area contributed by atoms with E-state index in [1.165, 1.54) is 11.8 Å². The molecule has 0 aliphatic rings. The molecule has 130 valence electrons. The molecule has 8 heteroatoms. The molecule has 0 bridgehead atoms. The molecule has 0 aromatic carbocycles. The predicted molar refractivity (Wildman–Crippen MR) is 91.7 cm³/mol. The topological polar surface area (TPSA) is 82.8 Å². The van der Waals surface area contributed by atoms with E-state index in [-0.39, 0.29) is 12.6 Å². The van der Waals surface area contributed by atoms with Gasteiger partial charge < -0.3 is 9.30 Å². The summed E-state index contributed by atoms with van der Waals surface area (Å²) in [5.41, 5.74) is 2.85. The zero-order valence-electron chi connectivity index (χ0n) is 14.6. The number of carbonyl (C=O) groups excluding carboxylic acids is 1. The summed E-state index contributed by atoms with van der Waals surface area (Å²) in [5, 5.41) is 8.60. The van der Waals surface area contributed by atoms with Gasteiger partial charge in [0.2, 0.25) is 0 Å². The number of hydrogen-bond acceptors (Lipinski definition) is 7. The van der Waals surface area contributed by atoms with Crippen LogP contribution < -0.4 is 0 Å². The first-order valence-corrected chi connectivity index (χ1v) is 9.18. The first kappa shape index (κ1) is 18.4. The molecule has 0 spiro atoms. The highest BCUT2D eigenvalue weighted by Gasteiger charge is 2.12. The van der Waals surface area contributed by atoms with Crippen molar-refractivity contribution in [3.05, 3.63) is 29.1 Å². The SMILES string of the molecule is CCCn1cnnc1COC(=O)CCc1c(C)nc(SC)nc1C. The lowest BCUT2D eigenvalue weighted by Gasteiger charge is -2.10. The second-order valence-electron chi connectivity index (χ2n) is 5.46. The van der Waals surface area contributed by atoms with Crippen LogP contribution in [0.2, 0.25) is 0 Å². The molecule has 0 saturated heterocycles. The quantitative estimate of drug-likeness (QED) is 0.411. The standard InChI is InChI=1S/C16H23N5O2S/c1-5-8-21-10-17-20-14(21)9-23-15(22)7-6-13-11(2)18-16(24-4)19-12(13)3/h10H,5-9H2,1-4H3. The second-order valence-corrected chi connectivity index (χ2v) is 6.23. The molecule has 0 saturated carbocycles. The number of ether oxygens (including phenoxy) is 1. The molecule has 0 fully saturated rings. The van der Waals surface area contributed by atoms with Crippen molar-refractivity contribution in [2.24, 2.45) is 0 Å². The summed E-state index contributed by atoms with van der Waals surface area (Å²) in [6, 6.07) is 0. The van der Waals surface area contributed by atoms with E-state index in [9.17, 15) is 4.79 Å². The van der Waals surface area contributed by atoms with Crippen LogP contribution in [-0.4, -0.2) is 37.0 Å². The van der Waals surface area contributed by atoms with Crippen LogP contribution >= 0.6 is 11.8 Å². The summed E-state index contributed by atoms with van der Waals surface area (Å²) in [7, 11) is 0. The molecule has 24 heavy (non-hydrogen) atoms. The molecule has 2 heterocycles. The highest BCUT2D eigenvalue weighted by molar-refractivity contribution is 7.98. The second kappa shape index (κ2) is 8.77. The molecule has 0 aliphatic heterocycles. The third-order valence-corrected chi connectivity index (χ3v) is 4.23. The van der Waals surface area contributed by atoms with Crippen molar-refractivity contribution in [1.82, 2.24) is 24.7 Å². The maximum atomic E-state index is 12.0. The summed E-state index contributed by atoms with van der Waals surface area (Å²) in [6.45, 7) is 6.94. The molecule has 7 nitrogen and oxygen atoms in total. The maximum absolute atomic E-state index is 12.0. The van der Waals surface area contributed by atoms with E-state index in [4.69, 9.17) is 4.74 Å². The Hall–Kier alpha value is -1.96. The minimum absolute atomic E-state index is 0.151. The zero-order valence-corrected chi connectivity index (χ0v) is 15.4. The molecule has 2 aromatic rings. The van der Waals surface area contributed by atoms with Crippen LogP contribution in [0.25, 0.3) is 0 Å². The fraction of sp³-hybridized carbons (Fsp3) is 0.562. The largest absolute Gasteiger partial charge is 0.457 e. The molecular formula is C16H23N5O2S. The molecule has 0 aliphatic carbocycles. The Bertz CT molecular complexity index is 679. The summed E-state index contributed by atoms with van der Waals surface area (Å²) in [5.74, 6) is 0.416. The highest BCUT2D eigenvalue weighted by Crippen LogP contribution is 2.17. The molecule has 0 atom stereocenters. The minimum atomic E-state index is -0.256. The lowest BCUT2D eigenvalue weighted by molar-refractivity contribution is -0.145. The molecule has 0 radical (unpaired) electrons. The van der Waals surface area contributed by atoms with Crippen LogP contribution in [-0.2, 0) is 29.1 Å². The van der Waals surface area contributed by atoms with Gasteiger partial charge in [-0.15, -0.1) is 10.2 Å². The first-order valence-electron chi connectivity index (χ1n) is 7.95. The van der Waals surface area contributed by atoms with Crippen LogP contribution in [0.1, 0.15) is 42.5 Å². The van der Waals surface area contributed by atoms with Crippen molar-refractivity contribution < 1.29 is 9.53 Å². The van der Waals surface area contributed by atoms with Crippen LogP contribution in [0, 0.1) is 13.8 Å². The molecule has 0 unspecified atom stereocenters. The number of hydrogen-bond donors (Lipinski definition) is 0. The molecular weight excluding hydrogens is 326 g/mol. The van der Waals surface area contributed by atoms with E-state index < -0.39 is 0 Å². The lowest BCUT2D eigenvalue weighted by atomic mass is 10.1. The smallest absolute Gasteiger partial charge is 0.306 e. The van der Waals surface area contributed by atoms with Gasteiger partial charge in [0.05, 0.1) is 0 Å². The number of esters is 1. The zero-order chi connectivity index (χ0) is 17.5. The number of aromatic nitrogens is 5. The minimum Gasteiger partial charge on any atom is -0.457 e. The van der Waals surface area contributed by atoms with Crippen molar-refractivity contribution in [2.45, 2.75) is 58.3 Å². The van der Waals surface area contributed by atoms with Crippen molar-refractivity contribution >= 4 is 17.7 Å². The van der Waals surface area contributed by atoms with E-state index in [1.54, 1.807) is 6.33 Å². The van der Waals surface area contributed by atoms with Gasteiger partial charge in [0.15, 0.2) is 17.6 Å². The third kappa shape index (κ3) is 4.77. The number of aryl methyl sites for hydroxylation is 3. The van der Waals surface area contributed by atoms with Crippen molar-refractivity contribution in [2.75, 3.05) is 6.26 Å². The fourth-order valence-electron chi connectivity index (χ4n) is 2.42. The van der Waals surface area contributed by atoms with E-state index in [0.717, 1.165) is 35.1 Å². The van der Waals surface area contributed by atoms with Crippen LogP contribution in [0.3, 0.4) is 0 Å². The van der Waals surface area contributed by atoms with Crippen molar-refractivity contribution in [1.29, 1.82) is 0 Å². The Labute approximate surface area is 146 Å². The average molecular weight is 349 g/mol. The van der Waals surface area contributed by atoms with Gasteiger partial charge in [-0.3, -0.25) is 4.79 Å². The van der Waals surface area contributed by atoms with Gasteiger partial charge in [0.1, 0.15) is 6.33 Å². The Kier molecular flexibility index (Phi) is 6.72. The molecule has 2 rings (SSSR count).